The van der Waals surface area contributed by atoms with Crippen molar-refractivity contribution in [3.63, 3.8) is 0 Å². The van der Waals surface area contributed by atoms with Gasteiger partial charge in [0.05, 0.1) is 17.9 Å². The number of amides is 2. The molecule has 1 aromatic carbocycles. The molecule has 2 atom stereocenters. The van der Waals surface area contributed by atoms with Gasteiger partial charge in [0.15, 0.2) is 0 Å². The number of pyridine rings is 1. The zero-order valence-electron chi connectivity index (χ0n) is 22.4. The fourth-order valence-corrected chi connectivity index (χ4v) is 5.52. The third-order valence-corrected chi connectivity index (χ3v) is 7.63. The molecule has 2 aromatic heterocycles. The Morgan fingerprint density at radius 2 is 1.83 bits per heavy atom. The van der Waals surface area contributed by atoms with E-state index >= 15 is 0 Å². The van der Waals surface area contributed by atoms with Crippen LogP contribution in [0.3, 0.4) is 0 Å². The van der Waals surface area contributed by atoms with E-state index in [1.807, 2.05) is 23.2 Å². The Kier molecular flexibility index (Phi) is 8.08. The summed E-state index contributed by atoms with van der Waals surface area (Å²) in [4.78, 5) is 20.9. The molecule has 2 unspecified atom stereocenters. The van der Waals surface area contributed by atoms with Crippen molar-refractivity contribution < 1.29 is 4.79 Å². The van der Waals surface area contributed by atoms with Crippen molar-refractivity contribution in [2.45, 2.75) is 76.3 Å². The third kappa shape index (κ3) is 5.94. The van der Waals surface area contributed by atoms with E-state index in [0.29, 0.717) is 19.6 Å². The van der Waals surface area contributed by atoms with Crippen LogP contribution in [0.5, 0.6) is 0 Å². The smallest absolute Gasteiger partial charge is 0.317 e. The first-order valence-corrected chi connectivity index (χ1v) is 13.9. The molecule has 3 aromatic rings. The fourth-order valence-electron chi connectivity index (χ4n) is 4.89. The molecule has 4 rings (SSSR count). The Bertz CT molecular complexity index is 1150. The average molecular weight is 506 g/mol. The van der Waals surface area contributed by atoms with Gasteiger partial charge in [0.2, 0.25) is 0 Å². The van der Waals surface area contributed by atoms with Crippen molar-refractivity contribution in [3.8, 4) is 0 Å². The SMILES string of the molecule is CCSc1ccc(CNC(=O)N2CC(c3ccccc3)C(c3cn(C(C)C)nc3C(C)(C)C)C2)nc1. The Morgan fingerprint density at radius 1 is 1.11 bits per heavy atom. The van der Waals surface area contributed by atoms with Crippen LogP contribution in [0.25, 0.3) is 0 Å². The van der Waals surface area contributed by atoms with Gasteiger partial charge in [0.25, 0.3) is 0 Å². The number of hydrogen-bond acceptors (Lipinski definition) is 4. The largest absolute Gasteiger partial charge is 0.332 e. The van der Waals surface area contributed by atoms with E-state index < -0.39 is 0 Å². The first-order chi connectivity index (χ1) is 17.2. The summed E-state index contributed by atoms with van der Waals surface area (Å²) in [5.74, 6) is 1.42. The van der Waals surface area contributed by atoms with Gasteiger partial charge in [0.1, 0.15) is 0 Å². The molecule has 192 valence electrons. The van der Waals surface area contributed by atoms with Crippen LogP contribution in [0.15, 0.2) is 59.8 Å². The number of carbonyl (C=O) groups excluding carboxylic acids is 1. The van der Waals surface area contributed by atoms with Gasteiger partial charge in [-0.2, -0.15) is 5.10 Å². The van der Waals surface area contributed by atoms with Crippen LogP contribution in [0.2, 0.25) is 0 Å². The summed E-state index contributed by atoms with van der Waals surface area (Å²) in [6, 6.07) is 14.9. The Labute approximate surface area is 219 Å². The van der Waals surface area contributed by atoms with E-state index in [4.69, 9.17) is 5.10 Å². The lowest BCUT2D eigenvalue weighted by molar-refractivity contribution is 0.207. The van der Waals surface area contributed by atoms with Gasteiger partial charge in [0, 0.05) is 53.7 Å². The second-order valence-corrected chi connectivity index (χ2v) is 12.2. The number of carbonyl (C=O) groups is 1. The van der Waals surface area contributed by atoms with Crippen LogP contribution in [-0.2, 0) is 12.0 Å². The molecule has 1 N–H and O–H groups in total. The maximum Gasteiger partial charge on any atom is 0.317 e. The molecule has 1 fully saturated rings. The number of urea groups is 1. The standard InChI is InChI=1S/C29H39N5OS/c1-7-36-23-14-13-22(30-16-23)15-31-28(35)33-17-24(21-11-9-8-10-12-21)25(18-33)26-19-34(20(2)3)32-27(26)29(4,5)6/h8-14,16,19-20,24-25H,7,15,17-18H2,1-6H3,(H,31,35). The highest BCUT2D eigenvalue weighted by atomic mass is 32.2. The monoisotopic (exact) mass is 505 g/mol. The summed E-state index contributed by atoms with van der Waals surface area (Å²) < 4.78 is 2.08. The van der Waals surface area contributed by atoms with E-state index in [2.05, 4.69) is 93.1 Å². The van der Waals surface area contributed by atoms with Gasteiger partial charge >= 0.3 is 6.03 Å². The van der Waals surface area contributed by atoms with Crippen LogP contribution in [-0.4, -0.2) is 44.5 Å². The maximum absolute atomic E-state index is 13.3. The van der Waals surface area contributed by atoms with Crippen molar-refractivity contribution >= 4 is 17.8 Å². The molecule has 3 heterocycles. The molecule has 0 bridgehead atoms. The second-order valence-electron chi connectivity index (χ2n) is 10.9. The predicted molar refractivity (Wildman–Crippen MR) is 148 cm³/mol. The number of nitrogens with zero attached hydrogens (tertiary/aromatic N) is 4. The molecule has 2 amide bonds. The van der Waals surface area contributed by atoms with Gasteiger partial charge in [-0.05, 0) is 42.9 Å². The quantitative estimate of drug-likeness (QED) is 0.380. The van der Waals surface area contributed by atoms with Crippen molar-refractivity contribution in [3.05, 3.63) is 77.4 Å². The second kappa shape index (κ2) is 11.1. The number of benzene rings is 1. The fraction of sp³-hybridized carbons (Fsp3) is 0.483. The number of rotatable bonds is 7. The highest BCUT2D eigenvalue weighted by Gasteiger charge is 2.40. The van der Waals surface area contributed by atoms with Crippen molar-refractivity contribution in [2.24, 2.45) is 0 Å². The minimum atomic E-state index is -0.0831. The molecule has 36 heavy (non-hydrogen) atoms. The Balaban J connectivity index is 1.57. The molecule has 1 saturated heterocycles. The summed E-state index contributed by atoms with van der Waals surface area (Å²) in [7, 11) is 0. The predicted octanol–water partition coefficient (Wildman–Crippen LogP) is 6.36. The average Bonchev–Trinajstić information content (AvgIpc) is 3.49. The molecule has 1 aliphatic rings. The van der Waals surface area contributed by atoms with Gasteiger partial charge in [-0.25, -0.2) is 4.79 Å². The number of likely N-dealkylation sites (tertiary alicyclic amines) is 1. The Hall–Kier alpha value is -2.80. The molecule has 1 aliphatic heterocycles. The number of thioether (sulfide) groups is 1. The number of nitrogens with one attached hydrogen (secondary N) is 1. The summed E-state index contributed by atoms with van der Waals surface area (Å²) in [5.41, 5.74) is 4.43. The lowest BCUT2D eigenvalue weighted by Crippen LogP contribution is -2.38. The zero-order chi connectivity index (χ0) is 25.9. The molecule has 6 nitrogen and oxygen atoms in total. The van der Waals surface area contributed by atoms with E-state index in [1.165, 1.54) is 11.1 Å². The van der Waals surface area contributed by atoms with E-state index in [1.54, 1.807) is 11.8 Å². The lowest BCUT2D eigenvalue weighted by Gasteiger charge is -2.23. The minimum absolute atomic E-state index is 0.0409. The van der Waals surface area contributed by atoms with Crippen LogP contribution in [0.4, 0.5) is 4.79 Å². The Morgan fingerprint density at radius 3 is 2.44 bits per heavy atom. The topological polar surface area (TPSA) is 63.1 Å². The maximum atomic E-state index is 13.3. The van der Waals surface area contributed by atoms with Crippen molar-refractivity contribution in [2.75, 3.05) is 18.8 Å². The van der Waals surface area contributed by atoms with E-state index in [0.717, 1.165) is 22.0 Å². The molecule has 7 heteroatoms. The summed E-state index contributed by atoms with van der Waals surface area (Å²) in [6.45, 7) is 14.9. The molecule has 0 saturated carbocycles. The molecular formula is C29H39N5OS. The van der Waals surface area contributed by atoms with Crippen LogP contribution in [0.1, 0.15) is 81.9 Å². The number of aromatic nitrogens is 3. The minimum Gasteiger partial charge on any atom is -0.332 e. The first kappa shape index (κ1) is 26.3. The zero-order valence-corrected chi connectivity index (χ0v) is 23.2. The van der Waals surface area contributed by atoms with Crippen molar-refractivity contribution in [1.29, 1.82) is 0 Å². The molecule has 0 radical (unpaired) electrons. The summed E-state index contributed by atoms with van der Waals surface area (Å²) in [6.07, 6.45) is 4.10. The van der Waals surface area contributed by atoms with E-state index in [9.17, 15) is 4.79 Å². The highest BCUT2D eigenvalue weighted by molar-refractivity contribution is 7.99. The van der Waals surface area contributed by atoms with Gasteiger partial charge < -0.3 is 10.2 Å². The van der Waals surface area contributed by atoms with Crippen molar-refractivity contribution in [1.82, 2.24) is 25.0 Å². The molecule has 0 spiro atoms. The van der Waals surface area contributed by atoms with E-state index in [-0.39, 0.29) is 29.3 Å². The molecular weight excluding hydrogens is 466 g/mol. The van der Waals surface area contributed by atoms with Crippen LogP contribution in [0, 0.1) is 0 Å². The van der Waals surface area contributed by atoms with Gasteiger partial charge in [-0.15, -0.1) is 11.8 Å². The third-order valence-electron chi connectivity index (χ3n) is 6.76. The number of hydrogen-bond donors (Lipinski definition) is 1. The van der Waals surface area contributed by atoms with Gasteiger partial charge in [-0.1, -0.05) is 58.0 Å². The van der Waals surface area contributed by atoms with Crippen LogP contribution < -0.4 is 5.32 Å². The van der Waals surface area contributed by atoms with Crippen LogP contribution >= 0.6 is 11.8 Å². The summed E-state index contributed by atoms with van der Waals surface area (Å²) >= 11 is 1.77. The van der Waals surface area contributed by atoms with Gasteiger partial charge in [-0.3, -0.25) is 9.67 Å². The highest BCUT2D eigenvalue weighted by Crippen LogP contribution is 2.43. The first-order valence-electron chi connectivity index (χ1n) is 12.9. The molecule has 0 aliphatic carbocycles. The summed E-state index contributed by atoms with van der Waals surface area (Å²) in [5, 5.41) is 8.11. The normalized spacial score (nSPS) is 18.1. The lowest BCUT2D eigenvalue weighted by atomic mass is 9.79.